The smallest absolute Gasteiger partial charge is 0.367 e. The fourth-order valence-corrected chi connectivity index (χ4v) is 2.21. The first-order chi connectivity index (χ1) is 11.9. The summed E-state index contributed by atoms with van der Waals surface area (Å²) in [6.45, 7) is 1.03. The number of alkyl halides is 3. The van der Waals surface area contributed by atoms with Gasteiger partial charge in [-0.1, -0.05) is 43.3 Å². The van der Waals surface area contributed by atoms with Gasteiger partial charge in [0.25, 0.3) is 5.91 Å². The van der Waals surface area contributed by atoms with Gasteiger partial charge in [0.15, 0.2) is 0 Å². The van der Waals surface area contributed by atoms with E-state index >= 15 is 0 Å². The van der Waals surface area contributed by atoms with E-state index in [1.807, 2.05) is 19.1 Å². The van der Waals surface area contributed by atoms with Gasteiger partial charge in [-0.2, -0.15) is 13.2 Å². The molecule has 0 spiro atoms. The van der Waals surface area contributed by atoms with E-state index in [4.69, 9.17) is 0 Å². The average molecular weight is 351 g/mol. The number of hydrogen-bond donors (Lipinski definition) is 1. The van der Waals surface area contributed by atoms with Gasteiger partial charge in [-0.05, 0) is 35.2 Å². The highest BCUT2D eigenvalue weighted by Crippen LogP contribution is 2.16. The van der Waals surface area contributed by atoms with Crippen molar-refractivity contribution in [1.82, 2.24) is 5.32 Å². The zero-order valence-electron chi connectivity index (χ0n) is 13.9. The summed E-state index contributed by atoms with van der Waals surface area (Å²) in [5.74, 6) is -0.166. The number of rotatable bonds is 7. The van der Waals surface area contributed by atoms with Gasteiger partial charge in [-0.15, -0.1) is 0 Å². The summed E-state index contributed by atoms with van der Waals surface area (Å²) >= 11 is 0. The van der Waals surface area contributed by atoms with Crippen molar-refractivity contribution in [2.75, 3.05) is 6.61 Å². The van der Waals surface area contributed by atoms with Crippen molar-refractivity contribution in [1.29, 1.82) is 0 Å². The van der Waals surface area contributed by atoms with Crippen LogP contribution in [0.5, 0.6) is 0 Å². The molecule has 134 valence electrons. The molecule has 1 N–H and O–H groups in total. The van der Waals surface area contributed by atoms with Crippen LogP contribution in [0.25, 0.3) is 0 Å². The van der Waals surface area contributed by atoms with E-state index in [9.17, 15) is 18.0 Å². The standard InChI is InChI=1S/C19H20F3NO2/c1-2-14-7-9-17(10-8-14)18(24)23-11-15-3-5-16(6-4-15)12-25-13-19(20,21)22/h3-10H,2,11-13H2,1H3,(H,23,24). The number of carbonyl (C=O) groups excluding carboxylic acids is 1. The lowest BCUT2D eigenvalue weighted by Crippen LogP contribution is -2.22. The molecule has 2 rings (SSSR count). The van der Waals surface area contributed by atoms with E-state index in [1.165, 1.54) is 5.56 Å². The summed E-state index contributed by atoms with van der Waals surface area (Å²) in [4.78, 5) is 12.1. The average Bonchev–Trinajstić information content (AvgIpc) is 2.60. The molecule has 2 aromatic carbocycles. The second kappa shape index (κ2) is 8.67. The first kappa shape index (κ1) is 19.0. The Morgan fingerprint density at radius 1 is 0.960 bits per heavy atom. The Morgan fingerprint density at radius 2 is 1.52 bits per heavy atom. The van der Waals surface area contributed by atoms with Crippen LogP contribution in [-0.4, -0.2) is 18.7 Å². The van der Waals surface area contributed by atoms with E-state index in [0.717, 1.165) is 12.0 Å². The first-order valence-electron chi connectivity index (χ1n) is 7.97. The number of aryl methyl sites for hydroxylation is 1. The molecule has 0 atom stereocenters. The molecule has 6 heteroatoms. The Bertz CT molecular complexity index is 679. The van der Waals surface area contributed by atoms with Crippen LogP contribution in [0.2, 0.25) is 0 Å². The van der Waals surface area contributed by atoms with Gasteiger partial charge < -0.3 is 10.1 Å². The van der Waals surface area contributed by atoms with Crippen molar-refractivity contribution < 1.29 is 22.7 Å². The van der Waals surface area contributed by atoms with Crippen LogP contribution < -0.4 is 5.32 Å². The second-order valence-electron chi connectivity index (χ2n) is 5.66. The van der Waals surface area contributed by atoms with Crippen LogP contribution in [0.1, 0.15) is 34.0 Å². The fraction of sp³-hybridized carbons (Fsp3) is 0.316. The predicted molar refractivity (Wildman–Crippen MR) is 89.1 cm³/mol. The van der Waals surface area contributed by atoms with Crippen molar-refractivity contribution in [2.45, 2.75) is 32.7 Å². The molecular weight excluding hydrogens is 331 g/mol. The molecule has 0 unspecified atom stereocenters. The van der Waals surface area contributed by atoms with Gasteiger partial charge in [-0.25, -0.2) is 0 Å². The summed E-state index contributed by atoms with van der Waals surface area (Å²) in [5, 5.41) is 2.82. The van der Waals surface area contributed by atoms with Gasteiger partial charge in [0.1, 0.15) is 6.61 Å². The molecular formula is C19H20F3NO2. The van der Waals surface area contributed by atoms with Crippen LogP contribution >= 0.6 is 0 Å². The molecule has 0 saturated heterocycles. The highest BCUT2D eigenvalue weighted by molar-refractivity contribution is 5.94. The van der Waals surface area contributed by atoms with Gasteiger partial charge in [0.2, 0.25) is 0 Å². The van der Waals surface area contributed by atoms with Crippen molar-refractivity contribution in [2.24, 2.45) is 0 Å². The monoisotopic (exact) mass is 351 g/mol. The van der Waals surface area contributed by atoms with E-state index in [0.29, 0.717) is 17.7 Å². The lowest BCUT2D eigenvalue weighted by Gasteiger charge is -2.09. The van der Waals surface area contributed by atoms with Crippen molar-refractivity contribution in [3.63, 3.8) is 0 Å². The molecule has 0 aliphatic rings. The third kappa shape index (κ3) is 6.58. The van der Waals surface area contributed by atoms with Crippen LogP contribution in [-0.2, 0) is 24.3 Å². The van der Waals surface area contributed by atoms with Crippen LogP contribution in [0.15, 0.2) is 48.5 Å². The number of nitrogens with one attached hydrogen (secondary N) is 1. The Hall–Kier alpha value is -2.34. The highest BCUT2D eigenvalue weighted by atomic mass is 19.4. The number of benzene rings is 2. The highest BCUT2D eigenvalue weighted by Gasteiger charge is 2.27. The molecule has 0 saturated carbocycles. The van der Waals surface area contributed by atoms with Crippen LogP contribution in [0.3, 0.4) is 0 Å². The minimum absolute atomic E-state index is 0.101. The van der Waals surface area contributed by atoms with Gasteiger partial charge in [0.05, 0.1) is 6.61 Å². The quantitative estimate of drug-likeness (QED) is 0.809. The predicted octanol–water partition coefficient (Wildman–Crippen LogP) is 4.26. The SMILES string of the molecule is CCc1ccc(C(=O)NCc2ccc(COCC(F)(F)F)cc2)cc1. The molecule has 2 aromatic rings. The fourth-order valence-electron chi connectivity index (χ4n) is 2.21. The number of halogens is 3. The maximum atomic E-state index is 12.1. The van der Waals surface area contributed by atoms with Crippen molar-refractivity contribution in [3.8, 4) is 0 Å². The van der Waals surface area contributed by atoms with E-state index in [2.05, 4.69) is 10.1 Å². The van der Waals surface area contributed by atoms with Crippen molar-refractivity contribution in [3.05, 3.63) is 70.8 Å². The van der Waals surface area contributed by atoms with E-state index < -0.39 is 12.8 Å². The molecule has 0 aliphatic carbocycles. The molecule has 0 heterocycles. The summed E-state index contributed by atoms with van der Waals surface area (Å²) in [5.41, 5.74) is 3.27. The lowest BCUT2D eigenvalue weighted by atomic mass is 10.1. The van der Waals surface area contributed by atoms with Crippen LogP contribution in [0, 0.1) is 0 Å². The molecule has 0 radical (unpaired) electrons. The van der Waals surface area contributed by atoms with Gasteiger partial charge >= 0.3 is 6.18 Å². The van der Waals surface area contributed by atoms with Gasteiger partial charge in [0, 0.05) is 12.1 Å². The minimum atomic E-state index is -4.32. The van der Waals surface area contributed by atoms with E-state index in [1.54, 1.807) is 36.4 Å². The molecule has 25 heavy (non-hydrogen) atoms. The summed E-state index contributed by atoms with van der Waals surface area (Å²) < 4.78 is 40.7. The largest absolute Gasteiger partial charge is 0.411 e. The maximum absolute atomic E-state index is 12.1. The van der Waals surface area contributed by atoms with Gasteiger partial charge in [-0.3, -0.25) is 4.79 Å². The zero-order valence-corrected chi connectivity index (χ0v) is 13.9. The number of carbonyl (C=O) groups is 1. The van der Waals surface area contributed by atoms with Crippen molar-refractivity contribution >= 4 is 5.91 Å². The lowest BCUT2D eigenvalue weighted by molar-refractivity contribution is -0.176. The Labute approximate surface area is 144 Å². The minimum Gasteiger partial charge on any atom is -0.367 e. The second-order valence-corrected chi connectivity index (χ2v) is 5.66. The third-order valence-corrected chi connectivity index (χ3v) is 3.63. The number of ether oxygens (including phenoxy) is 1. The molecule has 0 aliphatic heterocycles. The first-order valence-corrected chi connectivity index (χ1v) is 7.97. The summed E-state index contributed by atoms with van der Waals surface area (Å²) in [6.07, 6.45) is -3.40. The third-order valence-electron chi connectivity index (χ3n) is 3.63. The molecule has 0 bridgehead atoms. The molecule has 1 amide bonds. The van der Waals surface area contributed by atoms with Crippen LogP contribution in [0.4, 0.5) is 13.2 Å². The molecule has 3 nitrogen and oxygen atoms in total. The number of amides is 1. The van der Waals surface area contributed by atoms with E-state index in [-0.39, 0.29) is 12.5 Å². The Kier molecular flexibility index (Phi) is 6.58. The maximum Gasteiger partial charge on any atom is 0.411 e. The normalized spacial score (nSPS) is 11.4. The topological polar surface area (TPSA) is 38.3 Å². The molecule has 0 aromatic heterocycles. The zero-order chi connectivity index (χ0) is 18.3. The molecule has 0 fully saturated rings. The Balaban J connectivity index is 1.81. The summed E-state index contributed by atoms with van der Waals surface area (Å²) in [6, 6.07) is 14.3. The number of hydrogen-bond acceptors (Lipinski definition) is 2. The Morgan fingerprint density at radius 3 is 2.08 bits per heavy atom. The summed E-state index contributed by atoms with van der Waals surface area (Å²) in [7, 11) is 0.